The van der Waals surface area contributed by atoms with Crippen molar-refractivity contribution in [2.75, 3.05) is 5.32 Å². The van der Waals surface area contributed by atoms with E-state index in [0.29, 0.717) is 27.8 Å². The molecule has 0 heterocycles. The van der Waals surface area contributed by atoms with E-state index in [-0.39, 0.29) is 11.5 Å². The van der Waals surface area contributed by atoms with Crippen LogP contribution in [0.5, 0.6) is 0 Å². The Labute approximate surface area is 130 Å². The third-order valence-corrected chi connectivity index (χ3v) is 3.63. The van der Waals surface area contributed by atoms with Crippen LogP contribution >= 0.6 is 15.9 Å². The van der Waals surface area contributed by atoms with Crippen molar-refractivity contribution in [3.8, 4) is 0 Å². The summed E-state index contributed by atoms with van der Waals surface area (Å²) in [5.41, 5.74) is 2.44. The maximum Gasteiger partial charge on any atom is 0.293 e. The number of hydrogen-bond acceptors (Lipinski definition) is 3. The molecule has 21 heavy (non-hydrogen) atoms. The molecule has 0 atom stereocenters. The molecule has 0 spiro atoms. The summed E-state index contributed by atoms with van der Waals surface area (Å²) in [6, 6.07) is 8.30. The molecule has 0 aliphatic heterocycles. The first-order valence-electron chi connectivity index (χ1n) is 6.32. The Hall–Kier alpha value is -1.95. The number of nitro groups is 1. The highest BCUT2D eigenvalue weighted by Crippen LogP contribution is 2.28. The molecule has 6 heteroatoms. The lowest BCUT2D eigenvalue weighted by Gasteiger charge is -2.10. The lowest BCUT2D eigenvalue weighted by Crippen LogP contribution is -2.04. The lowest BCUT2D eigenvalue weighted by atomic mass is 10.1. The summed E-state index contributed by atoms with van der Waals surface area (Å²) >= 11 is 3.21. The van der Waals surface area contributed by atoms with E-state index >= 15 is 0 Å². The number of halogens is 2. The molecule has 0 bridgehead atoms. The van der Waals surface area contributed by atoms with Crippen LogP contribution in [-0.2, 0) is 6.54 Å². The lowest BCUT2D eigenvalue weighted by molar-refractivity contribution is -0.384. The molecular weight excluding hydrogens is 339 g/mol. The molecular formula is C15H14BrFN2O2. The first kappa shape index (κ1) is 15.4. The van der Waals surface area contributed by atoms with Gasteiger partial charge in [-0.1, -0.05) is 28.1 Å². The maximum absolute atomic E-state index is 13.6. The molecule has 110 valence electrons. The Morgan fingerprint density at radius 1 is 1.24 bits per heavy atom. The molecule has 0 aliphatic carbocycles. The number of aryl methyl sites for hydroxylation is 2. The van der Waals surface area contributed by atoms with E-state index in [2.05, 4.69) is 21.2 Å². The molecule has 0 unspecified atom stereocenters. The van der Waals surface area contributed by atoms with Crippen molar-refractivity contribution in [3.05, 3.63) is 67.4 Å². The van der Waals surface area contributed by atoms with Crippen molar-refractivity contribution in [1.29, 1.82) is 0 Å². The molecule has 0 aliphatic rings. The zero-order chi connectivity index (χ0) is 15.6. The predicted molar refractivity (Wildman–Crippen MR) is 84.0 cm³/mol. The molecule has 2 aromatic carbocycles. The Morgan fingerprint density at radius 2 is 1.86 bits per heavy atom. The first-order valence-corrected chi connectivity index (χ1v) is 7.11. The van der Waals surface area contributed by atoms with Crippen LogP contribution in [0.4, 0.5) is 15.8 Å². The minimum absolute atomic E-state index is 0.0000643. The van der Waals surface area contributed by atoms with Gasteiger partial charge in [0.25, 0.3) is 5.69 Å². The van der Waals surface area contributed by atoms with Gasteiger partial charge in [-0.05, 0) is 42.7 Å². The summed E-state index contributed by atoms with van der Waals surface area (Å²) < 4.78 is 14.2. The summed E-state index contributed by atoms with van der Waals surface area (Å²) in [4.78, 5) is 10.6. The van der Waals surface area contributed by atoms with Gasteiger partial charge >= 0.3 is 0 Å². The van der Waals surface area contributed by atoms with Crippen LogP contribution in [0.1, 0.15) is 16.7 Å². The summed E-state index contributed by atoms with van der Waals surface area (Å²) in [5, 5.41) is 14.1. The van der Waals surface area contributed by atoms with Gasteiger partial charge in [-0.15, -0.1) is 0 Å². The van der Waals surface area contributed by atoms with E-state index in [4.69, 9.17) is 0 Å². The Balaban J connectivity index is 2.22. The van der Waals surface area contributed by atoms with Crippen LogP contribution in [0.25, 0.3) is 0 Å². The second-order valence-corrected chi connectivity index (χ2v) is 5.73. The molecule has 0 aromatic heterocycles. The monoisotopic (exact) mass is 352 g/mol. The third kappa shape index (κ3) is 3.58. The van der Waals surface area contributed by atoms with Crippen molar-refractivity contribution >= 4 is 27.3 Å². The fourth-order valence-corrected chi connectivity index (χ4v) is 2.49. The van der Waals surface area contributed by atoms with Gasteiger partial charge in [0.1, 0.15) is 11.5 Å². The fourth-order valence-electron chi connectivity index (χ4n) is 2.14. The van der Waals surface area contributed by atoms with Crippen molar-refractivity contribution in [1.82, 2.24) is 0 Å². The van der Waals surface area contributed by atoms with Crippen molar-refractivity contribution in [2.24, 2.45) is 0 Å². The van der Waals surface area contributed by atoms with Crippen LogP contribution < -0.4 is 5.32 Å². The number of benzene rings is 2. The second kappa shape index (κ2) is 6.22. The Morgan fingerprint density at radius 3 is 2.43 bits per heavy atom. The third-order valence-electron chi connectivity index (χ3n) is 3.14. The van der Waals surface area contributed by atoms with Crippen LogP contribution in [-0.4, -0.2) is 4.92 Å². The van der Waals surface area contributed by atoms with E-state index in [1.165, 1.54) is 6.07 Å². The molecule has 0 saturated carbocycles. The minimum Gasteiger partial charge on any atom is -0.375 e. The topological polar surface area (TPSA) is 55.2 Å². The summed E-state index contributed by atoms with van der Waals surface area (Å²) in [5.74, 6) is -0.214. The highest BCUT2D eigenvalue weighted by atomic mass is 79.9. The zero-order valence-corrected chi connectivity index (χ0v) is 13.2. The molecule has 4 nitrogen and oxygen atoms in total. The van der Waals surface area contributed by atoms with Gasteiger partial charge in [0, 0.05) is 17.1 Å². The van der Waals surface area contributed by atoms with E-state index < -0.39 is 4.92 Å². The van der Waals surface area contributed by atoms with Gasteiger partial charge in [0.05, 0.1) is 4.92 Å². The summed E-state index contributed by atoms with van der Waals surface area (Å²) in [6.45, 7) is 3.80. The number of rotatable bonds is 4. The number of nitro benzene ring substituents is 1. The number of anilines is 1. The average molecular weight is 353 g/mol. The maximum atomic E-state index is 13.6. The highest BCUT2D eigenvalue weighted by molar-refractivity contribution is 9.10. The molecule has 0 radical (unpaired) electrons. The number of nitrogens with zero attached hydrogens (tertiary/aromatic N) is 1. The van der Waals surface area contributed by atoms with Crippen molar-refractivity contribution < 1.29 is 9.31 Å². The van der Waals surface area contributed by atoms with Crippen LogP contribution in [0.3, 0.4) is 0 Å². The van der Waals surface area contributed by atoms with Crippen molar-refractivity contribution in [3.63, 3.8) is 0 Å². The summed E-state index contributed by atoms with van der Waals surface area (Å²) in [7, 11) is 0. The Kier molecular flexibility index (Phi) is 4.57. The van der Waals surface area contributed by atoms with Crippen LogP contribution in [0, 0.1) is 29.8 Å². The smallest absolute Gasteiger partial charge is 0.293 e. The van der Waals surface area contributed by atoms with E-state index in [1.807, 2.05) is 0 Å². The molecule has 2 aromatic rings. The van der Waals surface area contributed by atoms with Crippen LogP contribution in [0.2, 0.25) is 0 Å². The zero-order valence-electron chi connectivity index (χ0n) is 11.6. The van der Waals surface area contributed by atoms with E-state index in [1.54, 1.807) is 38.1 Å². The molecule has 0 amide bonds. The van der Waals surface area contributed by atoms with Gasteiger partial charge in [-0.2, -0.15) is 0 Å². The SMILES string of the molecule is Cc1cc(CNc2ccc(Br)cc2[N+](=O)[O-])cc(C)c1F. The molecule has 0 fully saturated rings. The normalized spacial score (nSPS) is 10.5. The fraction of sp³-hybridized carbons (Fsp3) is 0.200. The largest absolute Gasteiger partial charge is 0.375 e. The van der Waals surface area contributed by atoms with E-state index in [0.717, 1.165) is 5.56 Å². The first-order chi connectivity index (χ1) is 9.88. The minimum atomic E-state index is -0.436. The predicted octanol–water partition coefficient (Wildman–Crippen LogP) is 4.73. The van der Waals surface area contributed by atoms with Crippen LogP contribution in [0.15, 0.2) is 34.8 Å². The molecule has 0 saturated heterocycles. The van der Waals surface area contributed by atoms with Gasteiger partial charge in [0.15, 0.2) is 0 Å². The number of nitrogens with one attached hydrogen (secondary N) is 1. The van der Waals surface area contributed by atoms with Gasteiger partial charge in [-0.25, -0.2) is 4.39 Å². The molecule has 2 rings (SSSR count). The molecule has 1 N–H and O–H groups in total. The second-order valence-electron chi connectivity index (χ2n) is 4.82. The highest BCUT2D eigenvalue weighted by Gasteiger charge is 2.14. The summed E-state index contributed by atoms with van der Waals surface area (Å²) in [6.07, 6.45) is 0. The van der Waals surface area contributed by atoms with E-state index in [9.17, 15) is 14.5 Å². The standard InChI is InChI=1S/C15H14BrFN2O2/c1-9-5-11(6-10(2)15(9)17)8-18-13-4-3-12(16)7-14(13)19(20)21/h3-7,18H,8H2,1-2H3. The number of hydrogen-bond donors (Lipinski definition) is 1. The van der Waals surface area contributed by atoms with Crippen molar-refractivity contribution in [2.45, 2.75) is 20.4 Å². The van der Waals surface area contributed by atoms with Gasteiger partial charge < -0.3 is 5.32 Å². The quantitative estimate of drug-likeness (QED) is 0.639. The van der Waals surface area contributed by atoms with Gasteiger partial charge in [-0.3, -0.25) is 10.1 Å². The Bertz CT molecular complexity index is 681. The average Bonchev–Trinajstić information content (AvgIpc) is 2.43. The van der Waals surface area contributed by atoms with Gasteiger partial charge in [0.2, 0.25) is 0 Å².